The molecule has 2 aromatic carbocycles. The molecule has 2 amide bonds. The van der Waals surface area contributed by atoms with E-state index in [2.05, 4.69) is 30.1 Å². The second kappa shape index (κ2) is 11.4. The fourth-order valence-corrected chi connectivity index (χ4v) is 5.42. The number of para-hydroxylation sites is 1. The van der Waals surface area contributed by atoms with Gasteiger partial charge >= 0.3 is 0 Å². The number of carbonyl (C=O) groups excluding carboxylic acids is 3. The second-order valence-corrected chi connectivity index (χ2v) is 9.99. The zero-order valence-electron chi connectivity index (χ0n) is 21.1. The molecule has 0 unspecified atom stereocenters. The fourth-order valence-electron chi connectivity index (χ4n) is 5.42. The molecule has 1 fully saturated rings. The molecule has 0 saturated heterocycles. The third-order valence-electron chi connectivity index (χ3n) is 7.49. The Kier molecular flexibility index (Phi) is 8.10. The summed E-state index contributed by atoms with van der Waals surface area (Å²) >= 11 is 0. The third kappa shape index (κ3) is 5.79. The number of benzene rings is 2. The molecule has 2 aliphatic rings. The highest BCUT2D eigenvalue weighted by Gasteiger charge is 2.32. The van der Waals surface area contributed by atoms with Gasteiger partial charge in [-0.1, -0.05) is 31.0 Å². The van der Waals surface area contributed by atoms with Crippen LogP contribution in [-0.4, -0.2) is 23.6 Å². The number of Topliss-reactive ketones (excluding diaryl/α,β-unsaturated/α-hetero) is 1. The molecule has 0 spiro atoms. The van der Waals surface area contributed by atoms with E-state index in [-0.39, 0.29) is 35.6 Å². The molecule has 0 bridgehead atoms. The maximum absolute atomic E-state index is 12.6. The lowest BCUT2D eigenvalue weighted by molar-refractivity contribution is -0.123. The average Bonchev–Trinajstić information content (AvgIpc) is 2.89. The van der Waals surface area contributed by atoms with Crippen molar-refractivity contribution in [3.8, 4) is 11.8 Å². The number of nitrogens with two attached hydrogens (primary N) is 1. The Hall–Kier alpha value is -3.59. The molecule has 36 heavy (non-hydrogen) atoms. The number of ketones is 1. The second-order valence-electron chi connectivity index (χ2n) is 9.99. The largest absolute Gasteiger partial charge is 0.378 e. The molecule has 0 aromatic heterocycles. The first-order valence-corrected chi connectivity index (χ1v) is 13.0. The molecule has 0 radical (unpaired) electrons. The van der Waals surface area contributed by atoms with Gasteiger partial charge in [0.15, 0.2) is 0 Å². The lowest BCUT2D eigenvalue weighted by Gasteiger charge is -2.40. The van der Waals surface area contributed by atoms with E-state index in [1.165, 1.54) is 0 Å². The van der Waals surface area contributed by atoms with Crippen molar-refractivity contribution >= 4 is 29.0 Å². The van der Waals surface area contributed by atoms with Crippen molar-refractivity contribution in [1.82, 2.24) is 0 Å². The molecule has 188 valence electrons. The Morgan fingerprint density at radius 3 is 2.39 bits per heavy atom. The molecule has 6 heteroatoms. The zero-order chi connectivity index (χ0) is 25.7. The van der Waals surface area contributed by atoms with E-state index in [9.17, 15) is 14.4 Å². The molecule has 4 rings (SSSR count). The SMILES string of the molecule is CCC(=O)N1c2ccccc2[C@H](Nc2ccc(C(=O)C#CCC3CCC(C(N)=O)CC3)cc2)C[C@@H]1C. The molecule has 1 aliphatic carbocycles. The minimum absolute atomic E-state index is 0.00830. The van der Waals surface area contributed by atoms with Crippen LogP contribution in [0.5, 0.6) is 0 Å². The monoisotopic (exact) mass is 485 g/mol. The van der Waals surface area contributed by atoms with Crippen LogP contribution in [0.1, 0.15) is 80.8 Å². The van der Waals surface area contributed by atoms with Gasteiger partial charge in [-0.3, -0.25) is 14.4 Å². The maximum Gasteiger partial charge on any atom is 0.235 e. The van der Waals surface area contributed by atoms with Gasteiger partial charge in [0.25, 0.3) is 0 Å². The van der Waals surface area contributed by atoms with Gasteiger partial charge in [0.2, 0.25) is 17.6 Å². The Morgan fingerprint density at radius 2 is 1.72 bits per heavy atom. The lowest BCUT2D eigenvalue weighted by Crippen LogP contribution is -2.44. The number of nitrogens with zero attached hydrogens (tertiary/aromatic N) is 1. The summed E-state index contributed by atoms with van der Waals surface area (Å²) in [6, 6.07) is 15.7. The highest BCUT2D eigenvalue weighted by atomic mass is 16.2. The molecule has 1 heterocycles. The summed E-state index contributed by atoms with van der Waals surface area (Å²) < 4.78 is 0. The van der Waals surface area contributed by atoms with Gasteiger partial charge in [0, 0.05) is 41.7 Å². The number of anilines is 2. The first-order chi connectivity index (χ1) is 17.4. The summed E-state index contributed by atoms with van der Waals surface area (Å²) in [6.45, 7) is 3.98. The molecule has 1 aliphatic heterocycles. The molecule has 2 atom stereocenters. The van der Waals surface area contributed by atoms with Crippen LogP contribution in [0.4, 0.5) is 11.4 Å². The highest BCUT2D eigenvalue weighted by molar-refractivity contribution is 6.09. The summed E-state index contributed by atoms with van der Waals surface area (Å²) in [7, 11) is 0. The molecular formula is C30H35N3O3. The Bertz CT molecular complexity index is 1170. The predicted molar refractivity (Wildman–Crippen MR) is 142 cm³/mol. The summed E-state index contributed by atoms with van der Waals surface area (Å²) in [5.74, 6) is 6.00. The first kappa shape index (κ1) is 25.5. The number of hydrogen-bond acceptors (Lipinski definition) is 4. The van der Waals surface area contributed by atoms with Gasteiger partial charge in [-0.2, -0.15) is 0 Å². The van der Waals surface area contributed by atoms with Crippen LogP contribution in [0, 0.1) is 23.7 Å². The summed E-state index contributed by atoms with van der Waals surface area (Å²) in [5.41, 5.74) is 8.96. The number of amides is 2. The standard InChI is InChI=1S/C30H35N3O3/c1-3-29(35)33-20(2)19-26(25-8-4-5-9-27(25)33)32-24-17-15-22(16-18-24)28(34)10-6-7-21-11-13-23(14-12-21)30(31)36/h4-5,8-9,15-18,20-21,23,26,32H,3,7,11-14,19H2,1-2H3,(H2,31,36)/t20-,21?,23?,26+/m0/s1. The van der Waals surface area contributed by atoms with Crippen molar-refractivity contribution in [2.24, 2.45) is 17.6 Å². The van der Waals surface area contributed by atoms with Gasteiger partial charge in [-0.25, -0.2) is 0 Å². The van der Waals surface area contributed by atoms with Crippen LogP contribution in [0.25, 0.3) is 0 Å². The van der Waals surface area contributed by atoms with Crippen LogP contribution in [0.15, 0.2) is 48.5 Å². The maximum atomic E-state index is 12.6. The molecular weight excluding hydrogens is 450 g/mol. The zero-order valence-corrected chi connectivity index (χ0v) is 21.1. The van der Waals surface area contributed by atoms with Crippen molar-refractivity contribution in [1.29, 1.82) is 0 Å². The fraction of sp³-hybridized carbons (Fsp3) is 0.433. The predicted octanol–water partition coefficient (Wildman–Crippen LogP) is 5.24. The summed E-state index contributed by atoms with van der Waals surface area (Å²) in [5, 5.41) is 3.59. The highest BCUT2D eigenvalue weighted by Crippen LogP contribution is 2.39. The van der Waals surface area contributed by atoms with Gasteiger partial charge in [-0.15, -0.1) is 0 Å². The summed E-state index contributed by atoms with van der Waals surface area (Å²) in [6.07, 6.45) is 5.46. The van der Waals surface area contributed by atoms with Crippen molar-refractivity contribution in [2.75, 3.05) is 10.2 Å². The number of fused-ring (bicyclic) bond motifs is 1. The minimum atomic E-state index is -0.205. The summed E-state index contributed by atoms with van der Waals surface area (Å²) in [4.78, 5) is 38.3. The molecule has 2 aromatic rings. The van der Waals surface area contributed by atoms with Crippen LogP contribution in [0.3, 0.4) is 0 Å². The Labute approximate surface area is 213 Å². The number of hydrogen-bond donors (Lipinski definition) is 2. The van der Waals surface area contributed by atoms with Crippen molar-refractivity contribution in [2.45, 2.75) is 70.9 Å². The average molecular weight is 486 g/mol. The van der Waals surface area contributed by atoms with Crippen LogP contribution in [-0.2, 0) is 9.59 Å². The minimum Gasteiger partial charge on any atom is -0.378 e. The van der Waals surface area contributed by atoms with E-state index < -0.39 is 0 Å². The van der Waals surface area contributed by atoms with E-state index in [0.29, 0.717) is 24.3 Å². The molecule has 3 N–H and O–H groups in total. The van der Waals surface area contributed by atoms with Gasteiger partial charge in [0.05, 0.1) is 6.04 Å². The lowest BCUT2D eigenvalue weighted by atomic mass is 9.80. The Balaban J connectivity index is 1.37. The number of carbonyl (C=O) groups is 3. The van der Waals surface area contributed by atoms with Gasteiger partial charge in [-0.05, 0) is 86.8 Å². The topological polar surface area (TPSA) is 92.5 Å². The van der Waals surface area contributed by atoms with E-state index in [1.807, 2.05) is 54.3 Å². The number of primary amides is 1. The molecule has 6 nitrogen and oxygen atoms in total. The number of nitrogens with one attached hydrogen (secondary N) is 1. The smallest absolute Gasteiger partial charge is 0.235 e. The van der Waals surface area contributed by atoms with Gasteiger partial charge in [0.1, 0.15) is 0 Å². The van der Waals surface area contributed by atoms with Crippen molar-refractivity contribution < 1.29 is 14.4 Å². The van der Waals surface area contributed by atoms with E-state index >= 15 is 0 Å². The van der Waals surface area contributed by atoms with E-state index in [1.54, 1.807) is 0 Å². The van der Waals surface area contributed by atoms with Crippen LogP contribution in [0.2, 0.25) is 0 Å². The third-order valence-corrected chi connectivity index (χ3v) is 7.49. The van der Waals surface area contributed by atoms with Gasteiger partial charge < -0.3 is 16.0 Å². The normalized spacial score (nSPS) is 23.1. The first-order valence-electron chi connectivity index (χ1n) is 13.0. The van der Waals surface area contributed by atoms with E-state index in [4.69, 9.17) is 5.73 Å². The number of rotatable bonds is 6. The Morgan fingerprint density at radius 1 is 1.03 bits per heavy atom. The van der Waals surface area contributed by atoms with Crippen LogP contribution < -0.4 is 16.0 Å². The molecule has 1 saturated carbocycles. The van der Waals surface area contributed by atoms with Crippen molar-refractivity contribution in [3.05, 3.63) is 59.7 Å². The van der Waals surface area contributed by atoms with E-state index in [0.717, 1.165) is 49.0 Å². The van der Waals surface area contributed by atoms with Crippen LogP contribution >= 0.6 is 0 Å². The van der Waals surface area contributed by atoms with Crippen molar-refractivity contribution in [3.63, 3.8) is 0 Å². The quantitative estimate of drug-likeness (QED) is 0.332.